The van der Waals surface area contributed by atoms with E-state index in [0.717, 1.165) is 49.2 Å². The zero-order valence-corrected chi connectivity index (χ0v) is 18.6. The molecule has 1 aromatic heterocycles. The van der Waals surface area contributed by atoms with Gasteiger partial charge in [-0.25, -0.2) is 4.98 Å². The van der Waals surface area contributed by atoms with E-state index in [2.05, 4.69) is 79.0 Å². The first-order chi connectivity index (χ1) is 14.7. The number of nitrogens with zero attached hydrogens (tertiary/aromatic N) is 3. The highest BCUT2D eigenvalue weighted by atomic mass is 15.1. The lowest BCUT2D eigenvalue weighted by Gasteiger charge is -2.14. The number of fused-ring (bicyclic) bond motifs is 1. The summed E-state index contributed by atoms with van der Waals surface area (Å²) in [6, 6.07) is 16.9. The highest BCUT2D eigenvalue weighted by Gasteiger charge is 2.09. The van der Waals surface area contributed by atoms with Crippen molar-refractivity contribution in [1.82, 2.24) is 14.9 Å². The second kappa shape index (κ2) is 11.5. The van der Waals surface area contributed by atoms with Crippen molar-refractivity contribution in [2.45, 2.75) is 39.0 Å². The molecular formula is C25H35N5. The minimum Gasteiger partial charge on any atom is -0.369 e. The summed E-state index contributed by atoms with van der Waals surface area (Å²) in [5.41, 5.74) is 3.36. The van der Waals surface area contributed by atoms with E-state index in [1.54, 1.807) is 0 Å². The number of nitrogens with one attached hydrogen (secondary N) is 2. The van der Waals surface area contributed by atoms with Crippen molar-refractivity contribution in [3.05, 3.63) is 48.5 Å². The number of unbranched alkanes of at least 4 members (excludes halogenated alkanes) is 3. The van der Waals surface area contributed by atoms with Gasteiger partial charge in [-0.1, -0.05) is 62.6 Å². The molecule has 160 valence electrons. The summed E-state index contributed by atoms with van der Waals surface area (Å²) in [6.45, 7) is 5.08. The molecule has 30 heavy (non-hydrogen) atoms. The number of anilines is 2. The van der Waals surface area contributed by atoms with Gasteiger partial charge < -0.3 is 15.5 Å². The van der Waals surface area contributed by atoms with Gasteiger partial charge in [0, 0.05) is 18.5 Å². The van der Waals surface area contributed by atoms with Gasteiger partial charge in [0.1, 0.15) is 5.82 Å². The maximum atomic E-state index is 4.82. The topological polar surface area (TPSA) is 53.1 Å². The number of hydrogen-bond donors (Lipinski definition) is 2. The Balaban J connectivity index is 1.83. The van der Waals surface area contributed by atoms with Crippen molar-refractivity contribution in [3.63, 3.8) is 0 Å². The highest BCUT2D eigenvalue weighted by molar-refractivity contribution is 5.93. The minimum absolute atomic E-state index is 0.699. The number of hydrogen-bond acceptors (Lipinski definition) is 5. The van der Waals surface area contributed by atoms with Crippen LogP contribution in [0, 0.1) is 0 Å². The summed E-state index contributed by atoms with van der Waals surface area (Å²) in [7, 11) is 4.19. The third-order valence-electron chi connectivity index (χ3n) is 5.19. The normalized spacial score (nSPS) is 11.2. The van der Waals surface area contributed by atoms with Gasteiger partial charge in [0.25, 0.3) is 0 Å². The van der Waals surface area contributed by atoms with Gasteiger partial charge in [-0.3, -0.25) is 0 Å². The molecule has 0 aliphatic rings. The van der Waals surface area contributed by atoms with Gasteiger partial charge in [0.05, 0.1) is 5.52 Å². The summed E-state index contributed by atoms with van der Waals surface area (Å²) in [5, 5.41) is 8.05. The Morgan fingerprint density at radius 2 is 1.60 bits per heavy atom. The zero-order chi connectivity index (χ0) is 21.2. The van der Waals surface area contributed by atoms with Crippen LogP contribution in [0.3, 0.4) is 0 Å². The van der Waals surface area contributed by atoms with Crippen LogP contribution >= 0.6 is 0 Å². The summed E-state index contributed by atoms with van der Waals surface area (Å²) in [5.74, 6) is 1.62. The molecule has 0 radical (unpaired) electrons. The van der Waals surface area contributed by atoms with E-state index < -0.39 is 0 Å². The smallest absolute Gasteiger partial charge is 0.225 e. The molecule has 0 atom stereocenters. The van der Waals surface area contributed by atoms with Crippen LogP contribution in [0.15, 0.2) is 48.5 Å². The van der Waals surface area contributed by atoms with Gasteiger partial charge in [-0.05, 0) is 56.7 Å². The molecule has 2 aromatic carbocycles. The second-order valence-electron chi connectivity index (χ2n) is 8.06. The molecule has 1 heterocycles. The predicted octanol–water partition coefficient (Wildman–Crippen LogP) is 5.65. The molecule has 0 amide bonds. The molecule has 5 heteroatoms. The maximum absolute atomic E-state index is 4.82. The average molecular weight is 406 g/mol. The third kappa shape index (κ3) is 6.42. The third-order valence-corrected chi connectivity index (χ3v) is 5.19. The maximum Gasteiger partial charge on any atom is 0.225 e. The van der Waals surface area contributed by atoms with Crippen molar-refractivity contribution in [3.8, 4) is 11.1 Å². The van der Waals surface area contributed by atoms with Crippen molar-refractivity contribution in [2.75, 3.05) is 44.4 Å². The first kappa shape index (κ1) is 22.0. The number of rotatable bonds is 12. The molecule has 0 aliphatic carbocycles. The minimum atomic E-state index is 0.699. The van der Waals surface area contributed by atoms with E-state index >= 15 is 0 Å². The van der Waals surface area contributed by atoms with Crippen LogP contribution < -0.4 is 10.6 Å². The molecule has 0 saturated carbocycles. The van der Waals surface area contributed by atoms with E-state index in [0.29, 0.717) is 5.95 Å². The Bertz CT molecular complexity index is 908. The van der Waals surface area contributed by atoms with E-state index in [9.17, 15) is 0 Å². The average Bonchev–Trinajstić information content (AvgIpc) is 2.76. The van der Waals surface area contributed by atoms with E-state index in [4.69, 9.17) is 9.97 Å². The van der Waals surface area contributed by atoms with Crippen molar-refractivity contribution < 1.29 is 0 Å². The molecule has 0 unspecified atom stereocenters. The molecule has 0 fully saturated rings. The fraction of sp³-hybridized carbons (Fsp3) is 0.440. The number of benzene rings is 2. The number of aromatic nitrogens is 2. The van der Waals surface area contributed by atoms with E-state index in [1.807, 2.05) is 6.07 Å². The van der Waals surface area contributed by atoms with Crippen molar-refractivity contribution >= 4 is 22.7 Å². The molecule has 2 N–H and O–H groups in total. The van der Waals surface area contributed by atoms with Gasteiger partial charge in [0.15, 0.2) is 0 Å². The van der Waals surface area contributed by atoms with E-state index in [-0.39, 0.29) is 0 Å². The first-order valence-electron chi connectivity index (χ1n) is 11.2. The van der Waals surface area contributed by atoms with Crippen LogP contribution in [0.4, 0.5) is 11.8 Å². The highest BCUT2D eigenvalue weighted by Crippen LogP contribution is 2.28. The lowest BCUT2D eigenvalue weighted by atomic mass is 10.0. The van der Waals surface area contributed by atoms with Crippen LogP contribution in [0.1, 0.15) is 39.0 Å². The van der Waals surface area contributed by atoms with Crippen LogP contribution in [0.2, 0.25) is 0 Å². The fourth-order valence-electron chi connectivity index (χ4n) is 3.51. The van der Waals surface area contributed by atoms with Gasteiger partial charge in [0.2, 0.25) is 5.95 Å². The summed E-state index contributed by atoms with van der Waals surface area (Å²) < 4.78 is 0. The first-order valence-corrected chi connectivity index (χ1v) is 11.2. The lowest BCUT2D eigenvalue weighted by Crippen LogP contribution is -2.17. The summed E-state index contributed by atoms with van der Waals surface area (Å²) in [6.07, 6.45) is 5.99. The standard InChI is InChI=1S/C25H35N5/c1-4-5-6-10-16-26-24-22-19-21(20-12-8-7-9-13-20)14-15-23(22)28-25(29-24)27-17-11-18-30(2)3/h7-9,12-15,19H,4-6,10-11,16-18H2,1-3H3,(H2,26,27,28,29). The molecule has 0 aliphatic heterocycles. The van der Waals surface area contributed by atoms with Crippen molar-refractivity contribution in [2.24, 2.45) is 0 Å². The van der Waals surface area contributed by atoms with Gasteiger partial charge in [-0.15, -0.1) is 0 Å². The Hall–Kier alpha value is -2.66. The molecule has 5 nitrogen and oxygen atoms in total. The Morgan fingerprint density at radius 3 is 2.37 bits per heavy atom. The fourth-order valence-corrected chi connectivity index (χ4v) is 3.51. The quantitative estimate of drug-likeness (QED) is 0.381. The molecular weight excluding hydrogens is 370 g/mol. The van der Waals surface area contributed by atoms with Crippen LogP contribution in [0.25, 0.3) is 22.0 Å². The van der Waals surface area contributed by atoms with Crippen LogP contribution in [0.5, 0.6) is 0 Å². The Morgan fingerprint density at radius 1 is 0.800 bits per heavy atom. The molecule has 3 aromatic rings. The zero-order valence-electron chi connectivity index (χ0n) is 18.6. The van der Waals surface area contributed by atoms with Gasteiger partial charge in [-0.2, -0.15) is 4.98 Å². The molecule has 0 spiro atoms. The summed E-state index contributed by atoms with van der Waals surface area (Å²) in [4.78, 5) is 11.8. The molecule has 0 saturated heterocycles. The largest absolute Gasteiger partial charge is 0.369 e. The molecule has 3 rings (SSSR count). The summed E-state index contributed by atoms with van der Waals surface area (Å²) >= 11 is 0. The van der Waals surface area contributed by atoms with Crippen LogP contribution in [-0.4, -0.2) is 48.6 Å². The Labute approximate surface area is 180 Å². The monoisotopic (exact) mass is 405 g/mol. The SMILES string of the molecule is CCCCCCNc1nc(NCCCN(C)C)nc2ccc(-c3ccccc3)cc12. The van der Waals surface area contributed by atoms with Gasteiger partial charge >= 0.3 is 0 Å². The van der Waals surface area contributed by atoms with Crippen molar-refractivity contribution in [1.29, 1.82) is 0 Å². The molecule has 0 bridgehead atoms. The lowest BCUT2D eigenvalue weighted by molar-refractivity contribution is 0.405. The second-order valence-corrected chi connectivity index (χ2v) is 8.06. The van der Waals surface area contributed by atoms with Crippen LogP contribution in [-0.2, 0) is 0 Å². The Kier molecular flexibility index (Phi) is 8.45. The van der Waals surface area contributed by atoms with E-state index in [1.165, 1.54) is 30.4 Å². The predicted molar refractivity (Wildman–Crippen MR) is 129 cm³/mol.